The Morgan fingerprint density at radius 3 is 2.68 bits per heavy atom. The van der Waals surface area contributed by atoms with Gasteiger partial charge in [0.2, 0.25) is 0 Å². The Morgan fingerprint density at radius 2 is 1.94 bits per heavy atom. The van der Waals surface area contributed by atoms with E-state index in [1.807, 2.05) is 13.0 Å². The molecule has 1 aromatic carbocycles. The maximum atomic E-state index is 14.5. The van der Waals surface area contributed by atoms with E-state index >= 15 is 0 Å². The molecule has 0 amide bonds. The van der Waals surface area contributed by atoms with Crippen molar-refractivity contribution >= 4 is 11.5 Å². The van der Waals surface area contributed by atoms with Crippen molar-refractivity contribution < 1.29 is 14.2 Å². The van der Waals surface area contributed by atoms with Crippen molar-refractivity contribution in [3.05, 3.63) is 47.2 Å². The van der Waals surface area contributed by atoms with Gasteiger partial charge in [0.25, 0.3) is 0 Å². The minimum absolute atomic E-state index is 0.231. The number of fused-ring (bicyclic) bond motifs is 1. The minimum Gasteiger partial charge on any atom is -0.484 e. The molecule has 3 aliphatic rings. The molecule has 5 rings (SSSR count). The van der Waals surface area contributed by atoms with Crippen molar-refractivity contribution in [2.24, 2.45) is 4.99 Å². The van der Waals surface area contributed by atoms with Gasteiger partial charge in [-0.15, -0.1) is 0 Å². The molecule has 0 unspecified atom stereocenters. The van der Waals surface area contributed by atoms with Crippen LogP contribution in [0.4, 0.5) is 10.2 Å². The summed E-state index contributed by atoms with van der Waals surface area (Å²) in [6.45, 7) is 7.27. The van der Waals surface area contributed by atoms with Crippen LogP contribution in [-0.4, -0.2) is 70.6 Å². The van der Waals surface area contributed by atoms with Crippen molar-refractivity contribution in [3.63, 3.8) is 0 Å². The van der Waals surface area contributed by atoms with Gasteiger partial charge in [0.05, 0.1) is 18.0 Å². The molecular weight excluding hydrogens is 397 g/mol. The van der Waals surface area contributed by atoms with Crippen LogP contribution in [0.5, 0.6) is 5.75 Å². The fourth-order valence-corrected chi connectivity index (χ4v) is 4.18. The van der Waals surface area contributed by atoms with Crippen LogP contribution in [-0.2, 0) is 6.54 Å². The molecule has 2 aliphatic heterocycles. The number of aliphatic hydroxyl groups excluding tert-OH is 1. The number of anilines is 1. The van der Waals surface area contributed by atoms with Crippen LogP contribution in [0.3, 0.4) is 0 Å². The summed E-state index contributed by atoms with van der Waals surface area (Å²) in [5.74, 6) is 0.847. The number of nitrogens with zero attached hydrogens (tertiary/aromatic N) is 5. The van der Waals surface area contributed by atoms with E-state index < -0.39 is 0 Å². The standard InChI is InChI=1S/C23H28FN5O2/c1-23(3-4-23)31-20-12-17-16(11-18(20)24)14-25-22(17)19-13-21(27-15-26-19)29-8-6-28(7-9-29)5-2-10-30/h11-13,15,30H,2-10,14H2,1H3. The Labute approximate surface area is 181 Å². The number of rotatable bonds is 7. The number of aliphatic imine (C=N–C) groups is 1. The number of benzene rings is 1. The molecule has 1 saturated carbocycles. The molecule has 31 heavy (non-hydrogen) atoms. The molecule has 2 aromatic rings. The van der Waals surface area contributed by atoms with E-state index in [9.17, 15) is 4.39 Å². The van der Waals surface area contributed by atoms with E-state index in [4.69, 9.17) is 9.84 Å². The molecule has 8 heteroatoms. The van der Waals surface area contributed by atoms with E-state index in [0.717, 1.165) is 80.3 Å². The Hall–Kier alpha value is -2.58. The molecule has 1 saturated heterocycles. The fraction of sp³-hybridized carbons (Fsp3) is 0.522. The lowest BCUT2D eigenvalue weighted by Gasteiger charge is -2.35. The zero-order valence-corrected chi connectivity index (χ0v) is 17.8. The molecule has 1 aromatic heterocycles. The molecule has 0 radical (unpaired) electrons. The highest BCUT2D eigenvalue weighted by Gasteiger charge is 2.41. The third-order valence-corrected chi connectivity index (χ3v) is 6.35. The van der Waals surface area contributed by atoms with Crippen molar-refractivity contribution in [2.45, 2.75) is 38.3 Å². The van der Waals surface area contributed by atoms with Gasteiger partial charge in [-0.1, -0.05) is 0 Å². The van der Waals surface area contributed by atoms with Gasteiger partial charge in [-0.25, -0.2) is 14.4 Å². The zero-order valence-electron chi connectivity index (χ0n) is 17.8. The normalized spacial score (nSPS) is 19.8. The van der Waals surface area contributed by atoms with Crippen molar-refractivity contribution in [2.75, 3.05) is 44.2 Å². The maximum Gasteiger partial charge on any atom is 0.165 e. The van der Waals surface area contributed by atoms with Gasteiger partial charge in [-0.2, -0.15) is 0 Å². The molecule has 7 nitrogen and oxygen atoms in total. The predicted molar refractivity (Wildman–Crippen MR) is 116 cm³/mol. The summed E-state index contributed by atoms with van der Waals surface area (Å²) in [4.78, 5) is 18.2. The van der Waals surface area contributed by atoms with Crippen LogP contribution in [0.2, 0.25) is 0 Å². The summed E-state index contributed by atoms with van der Waals surface area (Å²) in [5.41, 5.74) is 3.03. The second-order valence-electron chi connectivity index (χ2n) is 8.82. The zero-order chi connectivity index (χ0) is 21.4. The van der Waals surface area contributed by atoms with E-state index in [0.29, 0.717) is 12.3 Å². The molecule has 3 heterocycles. The minimum atomic E-state index is -0.328. The molecule has 2 fully saturated rings. The van der Waals surface area contributed by atoms with Crippen LogP contribution >= 0.6 is 0 Å². The van der Waals surface area contributed by atoms with Gasteiger partial charge < -0.3 is 14.7 Å². The lowest BCUT2D eigenvalue weighted by Crippen LogP contribution is -2.47. The monoisotopic (exact) mass is 425 g/mol. The number of aliphatic hydroxyl groups is 1. The summed E-state index contributed by atoms with van der Waals surface area (Å²) >= 11 is 0. The van der Waals surface area contributed by atoms with Gasteiger partial charge in [0.15, 0.2) is 11.6 Å². The van der Waals surface area contributed by atoms with Crippen LogP contribution in [0.15, 0.2) is 29.5 Å². The highest BCUT2D eigenvalue weighted by molar-refractivity contribution is 6.14. The summed E-state index contributed by atoms with van der Waals surface area (Å²) < 4.78 is 20.4. The average Bonchev–Trinajstić information content (AvgIpc) is 3.37. The second-order valence-corrected chi connectivity index (χ2v) is 8.82. The highest BCUT2D eigenvalue weighted by atomic mass is 19.1. The number of aromatic nitrogens is 2. The Balaban J connectivity index is 1.34. The first-order valence-corrected chi connectivity index (χ1v) is 11.0. The first-order valence-electron chi connectivity index (χ1n) is 11.0. The van der Waals surface area contributed by atoms with Crippen LogP contribution in [0, 0.1) is 5.82 Å². The molecule has 0 bridgehead atoms. The van der Waals surface area contributed by atoms with Gasteiger partial charge in [0, 0.05) is 51.0 Å². The van der Waals surface area contributed by atoms with Crippen LogP contribution < -0.4 is 9.64 Å². The predicted octanol–water partition coefficient (Wildman–Crippen LogP) is 2.40. The molecule has 1 N–H and O–H groups in total. The fourth-order valence-electron chi connectivity index (χ4n) is 4.18. The van der Waals surface area contributed by atoms with Crippen LogP contribution in [0.1, 0.15) is 43.0 Å². The van der Waals surface area contributed by atoms with Crippen molar-refractivity contribution in [3.8, 4) is 5.75 Å². The molecule has 0 spiro atoms. The summed E-state index contributed by atoms with van der Waals surface area (Å²) in [6, 6.07) is 5.30. The number of halogens is 1. The Morgan fingerprint density at radius 1 is 1.13 bits per heavy atom. The van der Waals surface area contributed by atoms with E-state index in [-0.39, 0.29) is 18.0 Å². The lowest BCUT2D eigenvalue weighted by atomic mass is 10.0. The maximum absolute atomic E-state index is 14.5. The summed E-state index contributed by atoms with van der Waals surface area (Å²) in [7, 11) is 0. The smallest absolute Gasteiger partial charge is 0.165 e. The summed E-state index contributed by atoms with van der Waals surface area (Å²) in [6.07, 6.45) is 4.29. The number of hydrogen-bond donors (Lipinski definition) is 1. The largest absolute Gasteiger partial charge is 0.484 e. The SMILES string of the molecule is CC1(Oc2cc3c(cc2F)CN=C3c2cc(N3CCN(CCCO)CC3)ncn2)CC1. The Bertz CT molecular complexity index is 999. The molecule has 164 valence electrons. The molecular formula is C23H28FN5O2. The quantitative estimate of drug-likeness (QED) is 0.734. The third-order valence-electron chi connectivity index (χ3n) is 6.35. The van der Waals surface area contributed by atoms with Crippen LogP contribution in [0.25, 0.3) is 0 Å². The number of ether oxygens (including phenoxy) is 1. The molecule has 0 atom stereocenters. The highest BCUT2D eigenvalue weighted by Crippen LogP contribution is 2.41. The topological polar surface area (TPSA) is 74.1 Å². The van der Waals surface area contributed by atoms with E-state index in [1.54, 1.807) is 18.5 Å². The van der Waals surface area contributed by atoms with Gasteiger partial charge >= 0.3 is 0 Å². The first-order chi connectivity index (χ1) is 15.0. The lowest BCUT2D eigenvalue weighted by molar-refractivity contribution is 0.191. The van der Waals surface area contributed by atoms with Gasteiger partial charge in [-0.05, 0) is 43.9 Å². The summed E-state index contributed by atoms with van der Waals surface area (Å²) in [5, 5.41) is 9.03. The number of hydrogen-bond acceptors (Lipinski definition) is 7. The Kier molecular flexibility index (Phi) is 5.35. The third kappa shape index (κ3) is 4.27. The van der Waals surface area contributed by atoms with Crippen molar-refractivity contribution in [1.82, 2.24) is 14.9 Å². The number of piperazine rings is 1. The van der Waals surface area contributed by atoms with Gasteiger partial charge in [-0.3, -0.25) is 9.89 Å². The van der Waals surface area contributed by atoms with Crippen molar-refractivity contribution in [1.29, 1.82) is 0 Å². The van der Waals surface area contributed by atoms with Gasteiger partial charge in [0.1, 0.15) is 17.7 Å². The first kappa shape index (κ1) is 20.3. The van der Waals surface area contributed by atoms with E-state index in [2.05, 4.69) is 24.8 Å². The second kappa shape index (κ2) is 8.16. The average molecular weight is 426 g/mol. The molecule has 1 aliphatic carbocycles. The van der Waals surface area contributed by atoms with E-state index in [1.165, 1.54) is 0 Å².